The highest BCUT2D eigenvalue weighted by Gasteiger charge is 2.03. The van der Waals surface area contributed by atoms with Crippen molar-refractivity contribution in [1.82, 2.24) is 15.6 Å². The Labute approximate surface area is 119 Å². The fraction of sp³-hybridized carbons (Fsp3) is 0.462. The van der Waals surface area contributed by atoms with Crippen molar-refractivity contribution in [3.63, 3.8) is 0 Å². The largest absolute Gasteiger partial charge is 0.376 e. The molecule has 0 aromatic carbocycles. The fourth-order valence-corrected chi connectivity index (χ4v) is 1.66. The third kappa shape index (κ3) is 6.15. The minimum absolute atomic E-state index is 0.209. The van der Waals surface area contributed by atoms with Gasteiger partial charge in [0, 0.05) is 30.9 Å². The molecule has 1 rings (SSSR count). The molecule has 1 aromatic rings. The molecule has 0 atom stereocenters. The zero-order valence-corrected chi connectivity index (χ0v) is 12.4. The van der Waals surface area contributed by atoms with Crippen LogP contribution in [0.25, 0.3) is 0 Å². The maximum atomic E-state index is 5.46. The van der Waals surface area contributed by atoms with Crippen molar-refractivity contribution in [2.24, 2.45) is 10.7 Å². The predicted molar refractivity (Wildman–Crippen MR) is 83.2 cm³/mol. The van der Waals surface area contributed by atoms with E-state index in [0.717, 1.165) is 12.1 Å². The van der Waals surface area contributed by atoms with Gasteiger partial charge in [0.1, 0.15) is 0 Å². The molecule has 1 heterocycles. The van der Waals surface area contributed by atoms with Gasteiger partial charge in [-0.25, -0.2) is 0 Å². The van der Waals surface area contributed by atoms with Crippen molar-refractivity contribution >= 4 is 23.3 Å². The van der Waals surface area contributed by atoms with Crippen molar-refractivity contribution in [2.75, 3.05) is 6.54 Å². The molecule has 5 nitrogen and oxygen atoms in total. The number of hydrogen-bond acceptors (Lipinski definition) is 3. The highest BCUT2D eigenvalue weighted by atomic mass is 32.1. The normalized spacial score (nSPS) is 11.5. The third-order valence-corrected chi connectivity index (χ3v) is 2.51. The zero-order chi connectivity index (χ0) is 14.3. The van der Waals surface area contributed by atoms with E-state index in [9.17, 15) is 0 Å². The lowest BCUT2D eigenvalue weighted by atomic mass is 10.2. The van der Waals surface area contributed by atoms with Crippen LogP contribution in [0.15, 0.2) is 23.3 Å². The Balaban J connectivity index is 2.60. The first-order valence-electron chi connectivity index (χ1n) is 6.27. The molecule has 0 saturated carbocycles. The smallest absolute Gasteiger partial charge is 0.197 e. The molecule has 0 spiro atoms. The second-order valence-corrected chi connectivity index (χ2v) is 4.98. The Morgan fingerprint density at radius 1 is 1.53 bits per heavy atom. The van der Waals surface area contributed by atoms with Crippen LogP contribution in [-0.4, -0.2) is 28.6 Å². The van der Waals surface area contributed by atoms with E-state index in [1.807, 2.05) is 32.9 Å². The van der Waals surface area contributed by atoms with Crippen molar-refractivity contribution in [3.8, 4) is 0 Å². The number of aryl methyl sites for hydroxylation is 1. The molecule has 0 aliphatic rings. The maximum Gasteiger partial charge on any atom is 0.197 e. The number of pyridine rings is 1. The summed E-state index contributed by atoms with van der Waals surface area (Å²) in [7, 11) is 0. The average molecular weight is 279 g/mol. The molecular formula is C13H21N5S. The third-order valence-electron chi connectivity index (χ3n) is 2.40. The van der Waals surface area contributed by atoms with Gasteiger partial charge in [0.2, 0.25) is 0 Å². The number of nitrogens with zero attached hydrogens (tertiary/aromatic N) is 2. The second-order valence-electron chi connectivity index (χ2n) is 4.54. The van der Waals surface area contributed by atoms with E-state index in [4.69, 9.17) is 18.0 Å². The Kier molecular flexibility index (Phi) is 6.21. The van der Waals surface area contributed by atoms with Crippen molar-refractivity contribution in [3.05, 3.63) is 29.6 Å². The number of nitrogens with one attached hydrogen (secondary N) is 2. The van der Waals surface area contributed by atoms with Gasteiger partial charge in [-0.3, -0.25) is 9.98 Å². The lowest BCUT2D eigenvalue weighted by molar-refractivity contribution is 0.716. The summed E-state index contributed by atoms with van der Waals surface area (Å²) in [5.74, 6) is 0.607. The van der Waals surface area contributed by atoms with Crippen LogP contribution in [0.1, 0.15) is 25.1 Å². The molecule has 0 radical (unpaired) electrons. The quantitative estimate of drug-likeness (QED) is 0.437. The first-order chi connectivity index (χ1) is 8.99. The summed E-state index contributed by atoms with van der Waals surface area (Å²) in [5, 5.41) is 6.21. The number of hydrogen-bond donors (Lipinski definition) is 3. The number of nitrogens with two attached hydrogens (primary N) is 1. The summed E-state index contributed by atoms with van der Waals surface area (Å²) in [5.41, 5.74) is 7.70. The molecule has 0 aliphatic carbocycles. The van der Waals surface area contributed by atoms with E-state index in [1.54, 1.807) is 6.20 Å². The van der Waals surface area contributed by atoms with Crippen LogP contribution in [-0.2, 0) is 6.42 Å². The molecule has 0 bridgehead atoms. The number of rotatable bonds is 4. The van der Waals surface area contributed by atoms with E-state index in [0.29, 0.717) is 12.5 Å². The van der Waals surface area contributed by atoms with Crippen LogP contribution in [0.4, 0.5) is 0 Å². The lowest BCUT2D eigenvalue weighted by Crippen LogP contribution is -2.46. The molecule has 19 heavy (non-hydrogen) atoms. The average Bonchev–Trinajstić information content (AvgIpc) is 2.30. The molecule has 0 saturated heterocycles. The van der Waals surface area contributed by atoms with Crippen molar-refractivity contribution in [2.45, 2.75) is 33.2 Å². The Bertz CT molecular complexity index is 456. The van der Waals surface area contributed by atoms with Crippen molar-refractivity contribution < 1.29 is 0 Å². The van der Waals surface area contributed by atoms with E-state index in [1.165, 1.54) is 5.56 Å². The van der Waals surface area contributed by atoms with Crippen LogP contribution in [0, 0.1) is 6.92 Å². The van der Waals surface area contributed by atoms with E-state index < -0.39 is 0 Å². The summed E-state index contributed by atoms with van der Waals surface area (Å²) in [4.78, 5) is 8.76. The summed E-state index contributed by atoms with van der Waals surface area (Å²) < 4.78 is 0. The van der Waals surface area contributed by atoms with Gasteiger partial charge in [-0.2, -0.15) is 0 Å². The minimum Gasteiger partial charge on any atom is -0.376 e. The Morgan fingerprint density at radius 2 is 2.26 bits per heavy atom. The molecule has 0 aliphatic heterocycles. The van der Waals surface area contributed by atoms with Crippen LogP contribution in [0.3, 0.4) is 0 Å². The summed E-state index contributed by atoms with van der Waals surface area (Å²) in [6.07, 6.45) is 2.58. The van der Waals surface area contributed by atoms with Gasteiger partial charge in [-0.05, 0) is 44.6 Å². The number of thiocarbonyl (C=S) groups is 1. The van der Waals surface area contributed by atoms with Gasteiger partial charge in [-0.15, -0.1) is 0 Å². The van der Waals surface area contributed by atoms with Gasteiger partial charge in [0.25, 0.3) is 0 Å². The molecule has 0 fully saturated rings. The summed E-state index contributed by atoms with van der Waals surface area (Å²) in [6, 6.07) is 4.24. The first kappa shape index (κ1) is 15.4. The lowest BCUT2D eigenvalue weighted by Gasteiger charge is -2.14. The number of aromatic nitrogens is 1. The number of aliphatic imine (C=N–C) groups is 1. The SMILES string of the molecule is Cc1cccnc1CCN=C(NC(N)=S)NC(C)C. The second kappa shape index (κ2) is 7.68. The molecule has 1 aromatic heterocycles. The predicted octanol–water partition coefficient (Wildman–Crippen LogP) is 1.12. The van der Waals surface area contributed by atoms with Gasteiger partial charge in [-0.1, -0.05) is 6.07 Å². The zero-order valence-electron chi connectivity index (χ0n) is 11.6. The minimum atomic E-state index is 0.209. The van der Waals surface area contributed by atoms with Crippen LogP contribution >= 0.6 is 12.2 Å². The van der Waals surface area contributed by atoms with Gasteiger partial charge in [0.05, 0.1) is 0 Å². The number of guanidine groups is 1. The topological polar surface area (TPSA) is 75.3 Å². The standard InChI is InChI=1S/C13H21N5S/c1-9(2)17-13(18-12(14)19)16-8-6-11-10(3)5-4-7-15-11/h4-5,7,9H,6,8H2,1-3H3,(H4,14,16,17,18,19). The Morgan fingerprint density at radius 3 is 2.84 bits per heavy atom. The molecule has 104 valence electrons. The van der Waals surface area contributed by atoms with Gasteiger partial charge < -0.3 is 16.4 Å². The summed E-state index contributed by atoms with van der Waals surface area (Å²) in [6.45, 7) is 6.73. The molecule has 6 heteroatoms. The van der Waals surface area contributed by atoms with Crippen molar-refractivity contribution in [1.29, 1.82) is 0 Å². The van der Waals surface area contributed by atoms with Gasteiger partial charge >= 0.3 is 0 Å². The van der Waals surface area contributed by atoms with E-state index in [2.05, 4.69) is 20.6 Å². The Hall–Kier alpha value is -1.69. The highest BCUT2D eigenvalue weighted by molar-refractivity contribution is 7.80. The highest BCUT2D eigenvalue weighted by Crippen LogP contribution is 2.03. The fourth-order valence-electron chi connectivity index (χ4n) is 1.57. The maximum absolute atomic E-state index is 5.46. The van der Waals surface area contributed by atoms with Crippen LogP contribution < -0.4 is 16.4 Å². The van der Waals surface area contributed by atoms with Crippen LogP contribution in [0.5, 0.6) is 0 Å². The van der Waals surface area contributed by atoms with Gasteiger partial charge in [0.15, 0.2) is 11.1 Å². The summed E-state index contributed by atoms with van der Waals surface area (Å²) >= 11 is 4.82. The molecular weight excluding hydrogens is 258 g/mol. The first-order valence-corrected chi connectivity index (χ1v) is 6.67. The van der Waals surface area contributed by atoms with E-state index in [-0.39, 0.29) is 11.2 Å². The molecule has 4 N–H and O–H groups in total. The van der Waals surface area contributed by atoms with Crippen LogP contribution in [0.2, 0.25) is 0 Å². The monoisotopic (exact) mass is 279 g/mol. The molecule has 0 amide bonds. The molecule has 0 unspecified atom stereocenters. The van der Waals surface area contributed by atoms with E-state index >= 15 is 0 Å².